The van der Waals surface area contributed by atoms with Crippen LogP contribution in [0.25, 0.3) is 0 Å². The number of aliphatic hydroxyl groups is 1. The van der Waals surface area contributed by atoms with E-state index in [2.05, 4.69) is 18.5 Å². The van der Waals surface area contributed by atoms with Crippen LogP contribution in [0.3, 0.4) is 0 Å². The van der Waals surface area contributed by atoms with Crippen LogP contribution in [0.5, 0.6) is 0 Å². The first-order valence-electron chi connectivity index (χ1n) is 5.69. The molecule has 1 atom stereocenters. The van der Waals surface area contributed by atoms with Gasteiger partial charge < -0.3 is 10.4 Å². The number of hydrogen-bond donors (Lipinski definition) is 2. The van der Waals surface area contributed by atoms with Crippen LogP contribution in [-0.2, 0) is 0 Å². The molecule has 2 N–H and O–H groups in total. The Morgan fingerprint density at radius 2 is 2.00 bits per heavy atom. The van der Waals surface area contributed by atoms with Crippen molar-refractivity contribution >= 4 is 11.8 Å². The third-order valence-corrected chi connectivity index (χ3v) is 3.76. The van der Waals surface area contributed by atoms with E-state index in [-0.39, 0.29) is 6.10 Å². The lowest BCUT2D eigenvalue weighted by Gasteiger charge is -2.29. The first kappa shape index (κ1) is 12.3. The van der Waals surface area contributed by atoms with Crippen LogP contribution in [0.2, 0.25) is 0 Å². The van der Waals surface area contributed by atoms with E-state index in [0.717, 1.165) is 25.7 Å². The van der Waals surface area contributed by atoms with Crippen molar-refractivity contribution in [2.45, 2.75) is 57.2 Å². The van der Waals surface area contributed by atoms with Gasteiger partial charge in [0.15, 0.2) is 0 Å². The van der Waals surface area contributed by atoms with E-state index in [1.807, 2.05) is 11.8 Å². The first-order chi connectivity index (χ1) is 6.76. The number of thioether (sulfide) groups is 1. The molecule has 1 saturated carbocycles. The van der Waals surface area contributed by atoms with Crippen molar-refractivity contribution in [1.29, 1.82) is 0 Å². The van der Waals surface area contributed by atoms with Gasteiger partial charge in [-0.3, -0.25) is 0 Å². The largest absolute Gasteiger partial charge is 0.393 e. The van der Waals surface area contributed by atoms with Gasteiger partial charge >= 0.3 is 0 Å². The maximum absolute atomic E-state index is 9.39. The number of aliphatic hydroxyl groups excluding tert-OH is 1. The predicted molar refractivity (Wildman–Crippen MR) is 63.9 cm³/mol. The molecule has 1 aliphatic carbocycles. The molecule has 0 saturated heterocycles. The Morgan fingerprint density at radius 3 is 2.50 bits per heavy atom. The molecule has 0 aliphatic heterocycles. The quantitative estimate of drug-likeness (QED) is 0.739. The highest BCUT2D eigenvalue weighted by Crippen LogP contribution is 2.19. The zero-order valence-corrected chi connectivity index (χ0v) is 10.1. The Hall–Kier alpha value is 0.270. The molecule has 0 aromatic heterocycles. The van der Waals surface area contributed by atoms with Crippen LogP contribution in [0.1, 0.15) is 39.0 Å². The Morgan fingerprint density at radius 1 is 1.36 bits per heavy atom. The number of nitrogens with one attached hydrogen (secondary N) is 1. The van der Waals surface area contributed by atoms with Gasteiger partial charge in [0.1, 0.15) is 0 Å². The van der Waals surface area contributed by atoms with Crippen molar-refractivity contribution in [3.63, 3.8) is 0 Å². The summed E-state index contributed by atoms with van der Waals surface area (Å²) in [6, 6.07) is 1.31. The van der Waals surface area contributed by atoms with Crippen molar-refractivity contribution in [3.8, 4) is 0 Å². The van der Waals surface area contributed by atoms with E-state index in [9.17, 15) is 5.11 Å². The van der Waals surface area contributed by atoms with E-state index in [4.69, 9.17) is 0 Å². The summed E-state index contributed by atoms with van der Waals surface area (Å²) in [6.45, 7) is 2.24. The second-order valence-electron chi connectivity index (χ2n) is 4.23. The van der Waals surface area contributed by atoms with Crippen LogP contribution < -0.4 is 5.32 Å². The monoisotopic (exact) mass is 217 g/mol. The highest BCUT2D eigenvalue weighted by Gasteiger charge is 2.20. The molecule has 1 rings (SSSR count). The minimum Gasteiger partial charge on any atom is -0.393 e. The number of hydrogen-bond acceptors (Lipinski definition) is 3. The summed E-state index contributed by atoms with van der Waals surface area (Å²) in [7, 11) is 0. The van der Waals surface area contributed by atoms with E-state index >= 15 is 0 Å². The van der Waals surface area contributed by atoms with Crippen molar-refractivity contribution in [1.82, 2.24) is 5.32 Å². The van der Waals surface area contributed by atoms with Gasteiger partial charge in [0, 0.05) is 17.8 Å². The second-order valence-corrected chi connectivity index (χ2v) is 5.14. The van der Waals surface area contributed by atoms with Gasteiger partial charge in [0.25, 0.3) is 0 Å². The summed E-state index contributed by atoms with van der Waals surface area (Å²) in [5, 5.41) is 13.1. The minimum atomic E-state index is -0.0336. The fourth-order valence-corrected chi connectivity index (χ4v) is 2.80. The number of rotatable bonds is 5. The molecule has 3 heteroatoms. The fraction of sp³-hybridized carbons (Fsp3) is 1.00. The molecule has 0 spiro atoms. The summed E-state index contributed by atoms with van der Waals surface area (Å²) in [5.41, 5.74) is 0. The normalized spacial score (nSPS) is 30.2. The fourth-order valence-electron chi connectivity index (χ4n) is 2.06. The van der Waals surface area contributed by atoms with Gasteiger partial charge in [-0.05, 0) is 38.4 Å². The molecule has 1 fully saturated rings. The van der Waals surface area contributed by atoms with E-state index < -0.39 is 0 Å². The summed E-state index contributed by atoms with van der Waals surface area (Å²) >= 11 is 1.91. The van der Waals surface area contributed by atoms with Crippen LogP contribution >= 0.6 is 11.8 Å². The van der Waals surface area contributed by atoms with E-state index in [0.29, 0.717) is 12.1 Å². The van der Waals surface area contributed by atoms with Crippen molar-refractivity contribution in [2.24, 2.45) is 0 Å². The van der Waals surface area contributed by atoms with E-state index in [1.54, 1.807) is 0 Å². The van der Waals surface area contributed by atoms with Crippen LogP contribution in [0.15, 0.2) is 0 Å². The average molecular weight is 217 g/mol. The highest BCUT2D eigenvalue weighted by molar-refractivity contribution is 7.98. The minimum absolute atomic E-state index is 0.0336. The summed E-state index contributed by atoms with van der Waals surface area (Å²) < 4.78 is 0. The molecule has 84 valence electrons. The van der Waals surface area contributed by atoms with Crippen molar-refractivity contribution in [3.05, 3.63) is 0 Å². The molecule has 0 aromatic carbocycles. The zero-order chi connectivity index (χ0) is 10.4. The topological polar surface area (TPSA) is 32.3 Å². The van der Waals surface area contributed by atoms with Gasteiger partial charge in [-0.25, -0.2) is 0 Å². The second kappa shape index (κ2) is 6.70. The Kier molecular flexibility index (Phi) is 5.90. The lowest BCUT2D eigenvalue weighted by molar-refractivity contribution is 0.114. The lowest BCUT2D eigenvalue weighted by Crippen LogP contribution is -2.42. The smallest absolute Gasteiger partial charge is 0.0541 e. The first-order valence-corrected chi connectivity index (χ1v) is 7.08. The third-order valence-electron chi connectivity index (χ3n) is 3.03. The standard InChI is InChI=1S/C11H23NOS/c1-3-9(8-14-2)12-10-4-6-11(13)7-5-10/h9-13H,3-8H2,1-2H3. The molecule has 1 aliphatic rings. The lowest BCUT2D eigenvalue weighted by atomic mass is 9.92. The van der Waals surface area contributed by atoms with Crippen molar-refractivity contribution in [2.75, 3.05) is 12.0 Å². The predicted octanol–water partition coefficient (Wildman–Crippen LogP) is 2.02. The molecule has 0 bridgehead atoms. The summed E-state index contributed by atoms with van der Waals surface area (Å²) in [4.78, 5) is 0. The Labute approximate surface area is 91.9 Å². The van der Waals surface area contributed by atoms with Gasteiger partial charge in [-0.2, -0.15) is 11.8 Å². The third kappa shape index (κ3) is 4.20. The van der Waals surface area contributed by atoms with Gasteiger partial charge in [0.2, 0.25) is 0 Å². The van der Waals surface area contributed by atoms with Gasteiger partial charge in [-0.15, -0.1) is 0 Å². The summed E-state index contributed by atoms with van der Waals surface area (Å²) in [5.74, 6) is 1.20. The Bertz CT molecular complexity index is 146. The average Bonchev–Trinajstić information content (AvgIpc) is 2.20. The van der Waals surface area contributed by atoms with Crippen LogP contribution in [0, 0.1) is 0 Å². The maximum Gasteiger partial charge on any atom is 0.0541 e. The van der Waals surface area contributed by atoms with Gasteiger partial charge in [-0.1, -0.05) is 6.92 Å². The van der Waals surface area contributed by atoms with Crippen LogP contribution in [0.4, 0.5) is 0 Å². The molecule has 0 amide bonds. The Balaban J connectivity index is 2.21. The summed E-state index contributed by atoms with van der Waals surface area (Å²) in [6.07, 6.45) is 7.59. The van der Waals surface area contributed by atoms with Crippen LogP contribution in [-0.4, -0.2) is 35.3 Å². The molecule has 0 radical (unpaired) electrons. The molecule has 14 heavy (non-hydrogen) atoms. The zero-order valence-electron chi connectivity index (χ0n) is 9.33. The van der Waals surface area contributed by atoms with Gasteiger partial charge in [0.05, 0.1) is 6.10 Å². The SMILES string of the molecule is CCC(CSC)NC1CCC(O)CC1. The maximum atomic E-state index is 9.39. The van der Waals surface area contributed by atoms with E-state index in [1.165, 1.54) is 12.2 Å². The molecule has 2 nitrogen and oxygen atoms in total. The molecule has 0 heterocycles. The molecule has 1 unspecified atom stereocenters. The molecule has 0 aromatic rings. The highest BCUT2D eigenvalue weighted by atomic mass is 32.2. The van der Waals surface area contributed by atoms with Crippen molar-refractivity contribution < 1.29 is 5.11 Å². The molecular formula is C11H23NOS. The molecular weight excluding hydrogens is 194 g/mol.